The minimum atomic E-state index is -0.0138. The first-order chi connectivity index (χ1) is 10.1. The molecule has 6 heteroatoms. The van der Waals surface area contributed by atoms with E-state index in [1.54, 1.807) is 11.0 Å². The van der Waals surface area contributed by atoms with Gasteiger partial charge in [-0.2, -0.15) is 5.10 Å². The van der Waals surface area contributed by atoms with Crippen molar-refractivity contribution in [2.24, 2.45) is 7.05 Å². The molecule has 1 heterocycles. The Labute approximate surface area is 130 Å². The van der Waals surface area contributed by atoms with Crippen LogP contribution in [-0.2, 0) is 13.5 Å². The fraction of sp³-hybridized carbons (Fsp3) is 0.467. The molecule has 21 heavy (non-hydrogen) atoms. The largest absolute Gasteiger partial charge is 0.489 e. The second-order valence-corrected chi connectivity index (χ2v) is 5.38. The van der Waals surface area contributed by atoms with Crippen LogP contribution in [0.5, 0.6) is 5.75 Å². The topological polar surface area (TPSA) is 52.0 Å². The van der Waals surface area contributed by atoms with E-state index in [1.165, 1.54) is 0 Å². The monoisotopic (exact) mass is 308 g/mol. The van der Waals surface area contributed by atoms with Gasteiger partial charge in [0.1, 0.15) is 24.0 Å². The summed E-state index contributed by atoms with van der Waals surface area (Å²) < 4.78 is 7.78. The standard InChI is InChI=1S/C15H21ClN4O/c1-4-17-14(9-15-18-10-19-20(15)3)11(2)21-13-7-5-6-12(16)8-13/h5-8,10-11,14,17H,4,9H2,1-3H3. The molecule has 0 aliphatic carbocycles. The molecule has 2 rings (SSSR count). The zero-order valence-corrected chi connectivity index (χ0v) is 13.3. The number of nitrogens with zero attached hydrogens (tertiary/aromatic N) is 3. The normalized spacial score (nSPS) is 13.9. The lowest BCUT2D eigenvalue weighted by molar-refractivity contribution is 0.168. The lowest BCUT2D eigenvalue weighted by Gasteiger charge is -2.25. The molecule has 0 saturated carbocycles. The number of aryl methyl sites for hydroxylation is 1. The summed E-state index contributed by atoms with van der Waals surface area (Å²) in [5.74, 6) is 1.71. The van der Waals surface area contributed by atoms with Gasteiger partial charge in [0, 0.05) is 18.5 Å². The molecular weight excluding hydrogens is 288 g/mol. The Morgan fingerprint density at radius 3 is 2.86 bits per heavy atom. The van der Waals surface area contributed by atoms with Gasteiger partial charge in [-0.05, 0) is 31.7 Å². The molecule has 114 valence electrons. The minimum Gasteiger partial charge on any atom is -0.489 e. The average Bonchev–Trinajstić information content (AvgIpc) is 2.84. The van der Waals surface area contributed by atoms with Crippen LogP contribution in [0, 0.1) is 0 Å². The quantitative estimate of drug-likeness (QED) is 0.853. The molecule has 2 aromatic rings. The number of hydrogen-bond acceptors (Lipinski definition) is 4. The Morgan fingerprint density at radius 1 is 1.43 bits per heavy atom. The van der Waals surface area contributed by atoms with Crippen LogP contribution in [0.4, 0.5) is 0 Å². The minimum absolute atomic E-state index is 0.0138. The molecule has 0 saturated heterocycles. The molecule has 2 unspecified atom stereocenters. The van der Waals surface area contributed by atoms with Crippen molar-refractivity contribution >= 4 is 11.6 Å². The van der Waals surface area contributed by atoms with Crippen molar-refractivity contribution in [3.8, 4) is 5.75 Å². The molecule has 0 aliphatic heterocycles. The van der Waals surface area contributed by atoms with Crippen molar-refractivity contribution < 1.29 is 4.74 Å². The van der Waals surface area contributed by atoms with Crippen LogP contribution in [0.2, 0.25) is 5.02 Å². The highest BCUT2D eigenvalue weighted by Crippen LogP contribution is 2.19. The van der Waals surface area contributed by atoms with Gasteiger partial charge in [-0.15, -0.1) is 0 Å². The smallest absolute Gasteiger partial charge is 0.138 e. The molecule has 0 radical (unpaired) electrons. The maximum atomic E-state index is 5.99. The van der Waals surface area contributed by atoms with E-state index in [-0.39, 0.29) is 12.1 Å². The highest BCUT2D eigenvalue weighted by molar-refractivity contribution is 6.30. The second kappa shape index (κ2) is 7.43. The first kappa shape index (κ1) is 15.8. The van der Waals surface area contributed by atoms with Crippen molar-refractivity contribution in [1.29, 1.82) is 0 Å². The number of nitrogens with one attached hydrogen (secondary N) is 1. The number of likely N-dealkylation sites (N-methyl/N-ethyl adjacent to an activating group) is 1. The van der Waals surface area contributed by atoms with E-state index >= 15 is 0 Å². The van der Waals surface area contributed by atoms with Crippen molar-refractivity contribution in [2.75, 3.05) is 6.54 Å². The molecule has 0 fully saturated rings. The predicted molar refractivity (Wildman–Crippen MR) is 83.7 cm³/mol. The highest BCUT2D eigenvalue weighted by Gasteiger charge is 2.20. The summed E-state index contributed by atoms with van der Waals surface area (Å²) in [4.78, 5) is 4.28. The molecule has 5 nitrogen and oxygen atoms in total. The van der Waals surface area contributed by atoms with Crippen LogP contribution in [-0.4, -0.2) is 33.5 Å². The number of benzene rings is 1. The van der Waals surface area contributed by atoms with Crippen LogP contribution in [0.1, 0.15) is 19.7 Å². The van der Waals surface area contributed by atoms with E-state index in [9.17, 15) is 0 Å². The Morgan fingerprint density at radius 2 is 2.24 bits per heavy atom. The first-order valence-corrected chi connectivity index (χ1v) is 7.46. The van der Waals surface area contributed by atoms with Crippen LogP contribution in [0.15, 0.2) is 30.6 Å². The van der Waals surface area contributed by atoms with Crippen molar-refractivity contribution in [1.82, 2.24) is 20.1 Å². The van der Waals surface area contributed by atoms with E-state index in [4.69, 9.17) is 16.3 Å². The predicted octanol–water partition coefficient (Wildman–Crippen LogP) is 2.46. The molecule has 1 aromatic heterocycles. The van der Waals surface area contributed by atoms with E-state index < -0.39 is 0 Å². The fourth-order valence-corrected chi connectivity index (χ4v) is 2.39. The van der Waals surface area contributed by atoms with E-state index in [0.29, 0.717) is 5.02 Å². The van der Waals surface area contributed by atoms with Crippen molar-refractivity contribution in [2.45, 2.75) is 32.4 Å². The zero-order valence-electron chi connectivity index (χ0n) is 12.6. The SMILES string of the molecule is CCNC(Cc1ncnn1C)C(C)Oc1cccc(Cl)c1. The summed E-state index contributed by atoms with van der Waals surface area (Å²) in [6, 6.07) is 7.60. The van der Waals surface area contributed by atoms with Crippen molar-refractivity contribution in [3.63, 3.8) is 0 Å². The van der Waals surface area contributed by atoms with Gasteiger partial charge in [0.2, 0.25) is 0 Å². The number of halogens is 1. The highest BCUT2D eigenvalue weighted by atomic mass is 35.5. The summed E-state index contributed by atoms with van der Waals surface area (Å²) in [7, 11) is 1.90. The lowest BCUT2D eigenvalue weighted by atomic mass is 10.1. The van der Waals surface area contributed by atoms with Crippen LogP contribution in [0.25, 0.3) is 0 Å². The maximum absolute atomic E-state index is 5.99. The molecule has 1 N–H and O–H groups in total. The molecule has 2 atom stereocenters. The summed E-state index contributed by atoms with van der Waals surface area (Å²) in [5, 5.41) is 8.22. The van der Waals surface area contributed by atoms with Gasteiger partial charge in [-0.1, -0.05) is 24.6 Å². The third-order valence-corrected chi connectivity index (χ3v) is 3.59. The number of aromatic nitrogens is 3. The Kier molecular flexibility index (Phi) is 5.59. The van der Waals surface area contributed by atoms with Gasteiger partial charge in [0.05, 0.1) is 6.04 Å². The molecule has 0 bridgehead atoms. The number of rotatable bonds is 7. The van der Waals surface area contributed by atoms with Crippen molar-refractivity contribution in [3.05, 3.63) is 41.4 Å². The van der Waals surface area contributed by atoms with E-state index in [0.717, 1.165) is 24.5 Å². The van der Waals surface area contributed by atoms with Gasteiger partial charge >= 0.3 is 0 Å². The molecule has 1 aromatic carbocycles. The fourth-order valence-electron chi connectivity index (χ4n) is 2.21. The lowest BCUT2D eigenvalue weighted by Crippen LogP contribution is -2.43. The average molecular weight is 309 g/mol. The Balaban J connectivity index is 2.04. The molecular formula is C15H21ClN4O. The molecule has 0 spiro atoms. The Bertz CT molecular complexity index is 572. The van der Waals surface area contributed by atoms with E-state index in [2.05, 4.69) is 22.3 Å². The molecule has 0 aliphatic rings. The first-order valence-electron chi connectivity index (χ1n) is 7.08. The third kappa shape index (κ3) is 4.44. The van der Waals surface area contributed by atoms with Crippen LogP contribution >= 0.6 is 11.6 Å². The number of ether oxygens (including phenoxy) is 1. The summed E-state index contributed by atoms with van der Waals surface area (Å²) in [5.41, 5.74) is 0. The van der Waals surface area contributed by atoms with Gasteiger partial charge in [0.25, 0.3) is 0 Å². The zero-order chi connectivity index (χ0) is 15.2. The van der Waals surface area contributed by atoms with Gasteiger partial charge in [-0.25, -0.2) is 4.98 Å². The molecule has 0 amide bonds. The Hall–Kier alpha value is -1.59. The second-order valence-electron chi connectivity index (χ2n) is 4.95. The van der Waals surface area contributed by atoms with E-state index in [1.807, 2.05) is 38.2 Å². The van der Waals surface area contributed by atoms with Gasteiger partial charge < -0.3 is 10.1 Å². The summed E-state index contributed by atoms with van der Waals surface area (Å²) in [6.07, 6.45) is 2.31. The number of hydrogen-bond donors (Lipinski definition) is 1. The van der Waals surface area contributed by atoms with Gasteiger partial charge in [0.15, 0.2) is 0 Å². The summed E-state index contributed by atoms with van der Waals surface area (Å²) >= 11 is 5.99. The third-order valence-electron chi connectivity index (χ3n) is 3.36. The van der Waals surface area contributed by atoms with Crippen LogP contribution < -0.4 is 10.1 Å². The summed E-state index contributed by atoms with van der Waals surface area (Å²) in [6.45, 7) is 4.99. The van der Waals surface area contributed by atoms with Gasteiger partial charge in [-0.3, -0.25) is 4.68 Å². The van der Waals surface area contributed by atoms with Crippen LogP contribution in [0.3, 0.4) is 0 Å². The maximum Gasteiger partial charge on any atom is 0.138 e.